The first-order chi connectivity index (χ1) is 12.2. The lowest BCUT2D eigenvalue weighted by Crippen LogP contribution is -2.15. The van der Waals surface area contributed by atoms with E-state index in [2.05, 4.69) is 4.99 Å². The van der Waals surface area contributed by atoms with Gasteiger partial charge < -0.3 is 14.0 Å². The molecule has 130 valence electrons. The van der Waals surface area contributed by atoms with Crippen molar-refractivity contribution in [2.24, 2.45) is 4.99 Å². The molecule has 3 rings (SSSR count). The molecule has 1 amide bonds. The Labute approximate surface area is 153 Å². The molecule has 0 aliphatic rings. The topological polar surface area (TPSA) is 52.8 Å². The molecule has 0 aliphatic carbocycles. The molecule has 1 aromatic carbocycles. The van der Waals surface area contributed by atoms with Crippen LogP contribution in [-0.2, 0) is 11.3 Å². The van der Waals surface area contributed by atoms with Gasteiger partial charge in [0.15, 0.2) is 4.80 Å². The van der Waals surface area contributed by atoms with Crippen molar-refractivity contribution in [3.8, 4) is 11.5 Å². The maximum absolute atomic E-state index is 12.2. The Morgan fingerprint density at radius 1 is 1.24 bits per heavy atom. The van der Waals surface area contributed by atoms with E-state index < -0.39 is 0 Å². The molecule has 2 aromatic heterocycles. The van der Waals surface area contributed by atoms with Crippen molar-refractivity contribution in [3.05, 3.63) is 45.4 Å². The normalized spacial score (nSPS) is 12.2. The molecule has 0 radical (unpaired) electrons. The van der Waals surface area contributed by atoms with E-state index in [0.29, 0.717) is 11.3 Å². The number of hydrogen-bond acceptors (Lipinski definition) is 5. The molecule has 0 atom stereocenters. The number of methoxy groups -OCH3 is 2. The number of thiophene rings is 1. The van der Waals surface area contributed by atoms with Crippen LogP contribution in [0.1, 0.15) is 11.8 Å². The fourth-order valence-electron chi connectivity index (χ4n) is 2.50. The van der Waals surface area contributed by atoms with Gasteiger partial charge in [-0.25, -0.2) is 0 Å². The molecule has 0 aliphatic heterocycles. The highest BCUT2D eigenvalue weighted by atomic mass is 32.1. The Kier molecular flexibility index (Phi) is 5.35. The Bertz CT molecular complexity index is 982. The predicted molar refractivity (Wildman–Crippen MR) is 103 cm³/mol. The maximum atomic E-state index is 12.2. The summed E-state index contributed by atoms with van der Waals surface area (Å²) in [5.74, 6) is 1.18. The second-order valence-corrected chi connectivity index (χ2v) is 7.03. The van der Waals surface area contributed by atoms with E-state index in [1.54, 1.807) is 31.6 Å². The van der Waals surface area contributed by atoms with Gasteiger partial charge in [0.25, 0.3) is 5.91 Å². The molecule has 0 saturated carbocycles. The van der Waals surface area contributed by atoms with Crippen LogP contribution in [0, 0.1) is 0 Å². The Morgan fingerprint density at radius 2 is 2.00 bits per heavy atom. The van der Waals surface area contributed by atoms with Crippen LogP contribution in [0.5, 0.6) is 11.5 Å². The molecule has 25 heavy (non-hydrogen) atoms. The van der Waals surface area contributed by atoms with Gasteiger partial charge in [-0.1, -0.05) is 17.4 Å². The summed E-state index contributed by atoms with van der Waals surface area (Å²) in [6.07, 6.45) is 3.27. The first-order valence-corrected chi connectivity index (χ1v) is 9.42. The Balaban J connectivity index is 2.10. The fraction of sp³-hybridized carbons (Fsp3) is 0.222. The lowest BCUT2D eigenvalue weighted by atomic mass is 10.3. The van der Waals surface area contributed by atoms with E-state index in [1.807, 2.05) is 41.1 Å². The standard InChI is InChI=1S/C18H18N2O3S2/c1-4-20-16-13(22-2)8-9-14(23-3)17(16)25-18(20)19-15(21)10-7-12-6-5-11-24-12/h5-11H,4H2,1-3H3/b10-7+,19-18?. The molecule has 0 saturated heterocycles. The van der Waals surface area contributed by atoms with Crippen LogP contribution < -0.4 is 14.3 Å². The number of benzene rings is 1. The quantitative estimate of drug-likeness (QED) is 0.636. The van der Waals surface area contributed by atoms with Crippen molar-refractivity contribution in [3.63, 3.8) is 0 Å². The van der Waals surface area contributed by atoms with E-state index in [9.17, 15) is 4.79 Å². The summed E-state index contributed by atoms with van der Waals surface area (Å²) in [6, 6.07) is 7.62. The minimum Gasteiger partial charge on any atom is -0.495 e. The minimum atomic E-state index is -0.292. The third kappa shape index (κ3) is 3.52. The van der Waals surface area contributed by atoms with Gasteiger partial charge in [-0.3, -0.25) is 4.79 Å². The molecule has 0 fully saturated rings. The summed E-state index contributed by atoms with van der Waals surface area (Å²) in [6.45, 7) is 2.68. The van der Waals surface area contributed by atoms with E-state index in [-0.39, 0.29) is 5.91 Å². The Morgan fingerprint density at radius 3 is 2.64 bits per heavy atom. The van der Waals surface area contributed by atoms with Crippen LogP contribution in [0.25, 0.3) is 16.3 Å². The van der Waals surface area contributed by atoms with E-state index in [1.165, 1.54) is 17.4 Å². The van der Waals surface area contributed by atoms with Gasteiger partial charge in [-0.05, 0) is 36.6 Å². The number of ether oxygens (including phenoxy) is 2. The lowest BCUT2D eigenvalue weighted by Gasteiger charge is -2.08. The molecule has 7 heteroatoms. The number of hydrogen-bond donors (Lipinski definition) is 0. The van der Waals surface area contributed by atoms with Crippen molar-refractivity contribution < 1.29 is 14.3 Å². The van der Waals surface area contributed by atoms with Gasteiger partial charge in [0.2, 0.25) is 0 Å². The Hall–Kier alpha value is -2.38. The van der Waals surface area contributed by atoms with Gasteiger partial charge in [0.1, 0.15) is 21.7 Å². The number of thiazole rings is 1. The zero-order valence-electron chi connectivity index (χ0n) is 14.2. The van der Waals surface area contributed by atoms with Gasteiger partial charge >= 0.3 is 0 Å². The monoisotopic (exact) mass is 374 g/mol. The van der Waals surface area contributed by atoms with Crippen LogP contribution in [-0.4, -0.2) is 24.7 Å². The maximum Gasteiger partial charge on any atom is 0.272 e. The highest BCUT2D eigenvalue weighted by Crippen LogP contribution is 2.35. The number of amides is 1. The average Bonchev–Trinajstić information content (AvgIpc) is 3.26. The number of carbonyl (C=O) groups excluding carboxylic acids is 1. The van der Waals surface area contributed by atoms with Gasteiger partial charge in [-0.15, -0.1) is 11.3 Å². The number of fused-ring (bicyclic) bond motifs is 1. The molecule has 2 heterocycles. The molecule has 0 N–H and O–H groups in total. The highest BCUT2D eigenvalue weighted by molar-refractivity contribution is 7.16. The van der Waals surface area contributed by atoms with Crippen molar-refractivity contribution in [2.75, 3.05) is 14.2 Å². The smallest absolute Gasteiger partial charge is 0.272 e. The summed E-state index contributed by atoms with van der Waals surface area (Å²) >= 11 is 3.00. The molecule has 0 bridgehead atoms. The third-order valence-electron chi connectivity index (χ3n) is 3.65. The number of aromatic nitrogens is 1. The largest absolute Gasteiger partial charge is 0.495 e. The highest BCUT2D eigenvalue weighted by Gasteiger charge is 2.15. The second kappa shape index (κ2) is 7.67. The van der Waals surface area contributed by atoms with E-state index in [4.69, 9.17) is 9.47 Å². The van der Waals surface area contributed by atoms with Gasteiger partial charge in [0.05, 0.1) is 14.2 Å². The van der Waals surface area contributed by atoms with Crippen molar-refractivity contribution in [2.45, 2.75) is 13.5 Å². The zero-order valence-corrected chi connectivity index (χ0v) is 15.8. The fourth-order valence-corrected chi connectivity index (χ4v) is 4.33. The molecular weight excluding hydrogens is 356 g/mol. The molecule has 5 nitrogen and oxygen atoms in total. The summed E-state index contributed by atoms with van der Waals surface area (Å²) in [5.41, 5.74) is 0.892. The van der Waals surface area contributed by atoms with Gasteiger partial charge in [-0.2, -0.15) is 4.99 Å². The minimum absolute atomic E-state index is 0.292. The molecular formula is C18H18N2O3S2. The van der Waals surface area contributed by atoms with Crippen molar-refractivity contribution >= 4 is 44.9 Å². The van der Waals surface area contributed by atoms with Crippen LogP contribution in [0.15, 0.2) is 40.7 Å². The number of nitrogens with zero attached hydrogens (tertiary/aromatic N) is 2. The molecule has 0 unspecified atom stereocenters. The van der Waals surface area contributed by atoms with Crippen LogP contribution in [0.3, 0.4) is 0 Å². The zero-order chi connectivity index (χ0) is 17.8. The first-order valence-electron chi connectivity index (χ1n) is 7.72. The van der Waals surface area contributed by atoms with E-state index in [0.717, 1.165) is 26.6 Å². The first kappa shape index (κ1) is 17.4. The van der Waals surface area contributed by atoms with E-state index >= 15 is 0 Å². The summed E-state index contributed by atoms with van der Waals surface area (Å²) in [4.78, 5) is 18.2. The number of aryl methyl sites for hydroxylation is 1. The van der Waals surface area contributed by atoms with Gasteiger partial charge in [0, 0.05) is 17.5 Å². The molecule has 3 aromatic rings. The summed E-state index contributed by atoms with van der Waals surface area (Å²) < 4.78 is 13.8. The predicted octanol–water partition coefficient (Wildman–Crippen LogP) is 3.94. The summed E-state index contributed by atoms with van der Waals surface area (Å²) in [7, 11) is 3.26. The lowest BCUT2D eigenvalue weighted by molar-refractivity contribution is -0.113. The number of rotatable bonds is 5. The second-order valence-electron chi connectivity index (χ2n) is 5.08. The van der Waals surface area contributed by atoms with Crippen LogP contribution in [0.2, 0.25) is 0 Å². The third-order valence-corrected chi connectivity index (χ3v) is 5.58. The average molecular weight is 374 g/mol. The van der Waals surface area contributed by atoms with Crippen LogP contribution in [0.4, 0.5) is 0 Å². The SMILES string of the molecule is CCn1c(=NC(=O)/C=C/c2cccs2)sc2c(OC)ccc(OC)c21. The van der Waals surface area contributed by atoms with Crippen molar-refractivity contribution in [1.29, 1.82) is 0 Å². The van der Waals surface area contributed by atoms with Crippen molar-refractivity contribution in [1.82, 2.24) is 4.57 Å². The summed E-state index contributed by atoms with van der Waals surface area (Å²) in [5, 5.41) is 1.97. The molecule has 0 spiro atoms. The number of carbonyl (C=O) groups is 1. The van der Waals surface area contributed by atoms with Crippen LogP contribution >= 0.6 is 22.7 Å².